The summed E-state index contributed by atoms with van der Waals surface area (Å²) in [5.41, 5.74) is 1.65. The van der Waals surface area contributed by atoms with Crippen molar-refractivity contribution in [1.29, 1.82) is 0 Å². The van der Waals surface area contributed by atoms with Gasteiger partial charge in [-0.05, 0) is 37.8 Å². The van der Waals surface area contributed by atoms with Gasteiger partial charge in [-0.25, -0.2) is 4.98 Å². The van der Waals surface area contributed by atoms with E-state index in [9.17, 15) is 13.2 Å². The average Bonchev–Trinajstić information content (AvgIpc) is 3.19. The summed E-state index contributed by atoms with van der Waals surface area (Å²) in [4.78, 5) is 4.10. The minimum Gasteiger partial charge on any atom is -0.465 e. The molecular weight excluding hydrogens is 269 g/mol. The molecule has 0 aliphatic heterocycles. The van der Waals surface area contributed by atoms with Crippen molar-refractivity contribution >= 4 is 0 Å². The quantitative estimate of drug-likeness (QED) is 0.872. The molecule has 0 spiro atoms. The van der Waals surface area contributed by atoms with Crippen LogP contribution in [-0.4, -0.2) is 23.3 Å². The van der Waals surface area contributed by atoms with E-state index in [4.69, 9.17) is 4.74 Å². The summed E-state index contributed by atoms with van der Waals surface area (Å²) in [6.45, 7) is 3.54. The van der Waals surface area contributed by atoms with E-state index in [0.717, 1.165) is 18.2 Å². The Balaban J connectivity index is 2.07. The molecule has 1 aliphatic carbocycles. The molecule has 1 unspecified atom stereocenters. The van der Waals surface area contributed by atoms with Crippen molar-refractivity contribution in [2.24, 2.45) is 0 Å². The summed E-state index contributed by atoms with van der Waals surface area (Å²) in [5.74, 6) is 0.0433. The zero-order valence-corrected chi connectivity index (χ0v) is 11.6. The van der Waals surface area contributed by atoms with Crippen molar-refractivity contribution in [1.82, 2.24) is 10.3 Å². The lowest BCUT2D eigenvalue weighted by Gasteiger charge is -2.18. The highest BCUT2D eigenvalue weighted by Crippen LogP contribution is 2.25. The number of nitrogens with one attached hydrogen (secondary N) is 1. The zero-order valence-electron chi connectivity index (χ0n) is 11.6. The Labute approximate surface area is 116 Å². The molecule has 1 fully saturated rings. The number of rotatable bonds is 6. The first kappa shape index (κ1) is 15.1. The predicted octanol–water partition coefficient (Wildman–Crippen LogP) is 3.23. The number of alkyl halides is 3. The van der Waals surface area contributed by atoms with Gasteiger partial charge in [-0.3, -0.25) is 0 Å². The molecule has 0 bridgehead atoms. The Morgan fingerprint density at radius 2 is 2.10 bits per heavy atom. The molecule has 2 rings (SSSR count). The molecule has 1 saturated carbocycles. The normalized spacial score (nSPS) is 17.1. The highest BCUT2D eigenvalue weighted by Gasteiger charge is 2.38. The van der Waals surface area contributed by atoms with Gasteiger partial charge in [-0.1, -0.05) is 6.92 Å². The maximum atomic E-state index is 12.5. The molecule has 112 valence electrons. The van der Waals surface area contributed by atoms with Crippen LogP contribution < -0.4 is 10.1 Å². The maximum absolute atomic E-state index is 12.5. The topological polar surface area (TPSA) is 34.1 Å². The van der Waals surface area contributed by atoms with Gasteiger partial charge in [-0.2, -0.15) is 13.2 Å². The second-order valence-electron chi connectivity index (χ2n) is 5.12. The zero-order chi connectivity index (χ0) is 14.8. The molecule has 1 aromatic heterocycles. The Morgan fingerprint density at radius 1 is 1.40 bits per heavy atom. The average molecular weight is 288 g/mol. The van der Waals surface area contributed by atoms with Crippen LogP contribution in [0.15, 0.2) is 12.1 Å². The monoisotopic (exact) mass is 288 g/mol. The van der Waals surface area contributed by atoms with E-state index in [1.807, 2.05) is 13.0 Å². The van der Waals surface area contributed by atoms with Crippen molar-refractivity contribution in [3.8, 4) is 5.88 Å². The third kappa shape index (κ3) is 4.37. The minimum absolute atomic E-state index is 0.0433. The number of aromatic nitrogens is 1. The first-order valence-electron chi connectivity index (χ1n) is 6.85. The fourth-order valence-corrected chi connectivity index (χ4v) is 1.76. The lowest BCUT2D eigenvalue weighted by molar-refractivity contribution is -0.190. The number of hydrogen-bond donors (Lipinski definition) is 1. The Bertz CT molecular complexity index is 458. The standard InChI is InChI=1S/C14H19F3N2O/c1-3-11-6-10(8-18-12-4-5-12)7-13(19-11)20-9(2)14(15,16)17/h6-7,9,12,18H,3-5,8H2,1-2H3. The molecule has 0 radical (unpaired) electrons. The van der Waals surface area contributed by atoms with E-state index >= 15 is 0 Å². The first-order valence-corrected chi connectivity index (χ1v) is 6.85. The van der Waals surface area contributed by atoms with Crippen LogP contribution in [0.1, 0.15) is 37.9 Å². The summed E-state index contributed by atoms with van der Waals surface area (Å²) < 4.78 is 42.5. The lowest BCUT2D eigenvalue weighted by atomic mass is 10.2. The molecule has 0 saturated heterocycles. The smallest absolute Gasteiger partial charge is 0.425 e. The molecule has 0 amide bonds. The molecule has 1 heterocycles. The summed E-state index contributed by atoms with van der Waals surface area (Å²) in [6, 6.07) is 4.03. The van der Waals surface area contributed by atoms with Gasteiger partial charge in [0.2, 0.25) is 5.88 Å². The fourth-order valence-electron chi connectivity index (χ4n) is 1.76. The van der Waals surface area contributed by atoms with Gasteiger partial charge in [0.1, 0.15) is 0 Å². The van der Waals surface area contributed by atoms with Crippen molar-refractivity contribution in [3.63, 3.8) is 0 Å². The van der Waals surface area contributed by atoms with Crippen LogP contribution in [0.3, 0.4) is 0 Å². The van der Waals surface area contributed by atoms with E-state index in [1.54, 1.807) is 6.07 Å². The van der Waals surface area contributed by atoms with Crippen LogP contribution >= 0.6 is 0 Å². The third-order valence-corrected chi connectivity index (χ3v) is 3.21. The number of halogens is 3. The second-order valence-corrected chi connectivity index (χ2v) is 5.12. The number of hydrogen-bond acceptors (Lipinski definition) is 3. The predicted molar refractivity (Wildman–Crippen MR) is 69.6 cm³/mol. The minimum atomic E-state index is -4.38. The van der Waals surface area contributed by atoms with E-state index in [2.05, 4.69) is 10.3 Å². The molecule has 1 aliphatic rings. The Kier molecular flexibility index (Phi) is 4.52. The molecule has 6 heteroatoms. The molecule has 20 heavy (non-hydrogen) atoms. The van der Waals surface area contributed by atoms with Gasteiger partial charge in [0.05, 0.1) is 0 Å². The Hall–Kier alpha value is -1.30. The van der Waals surface area contributed by atoms with Gasteiger partial charge in [0, 0.05) is 24.3 Å². The van der Waals surface area contributed by atoms with Crippen molar-refractivity contribution in [2.75, 3.05) is 0 Å². The van der Waals surface area contributed by atoms with Gasteiger partial charge in [-0.15, -0.1) is 0 Å². The van der Waals surface area contributed by atoms with E-state index in [-0.39, 0.29) is 5.88 Å². The van der Waals surface area contributed by atoms with Gasteiger partial charge in [0.15, 0.2) is 6.10 Å². The summed E-state index contributed by atoms with van der Waals surface area (Å²) in [7, 11) is 0. The third-order valence-electron chi connectivity index (χ3n) is 3.21. The molecule has 3 nitrogen and oxygen atoms in total. The molecular formula is C14H19F3N2O. The van der Waals surface area contributed by atoms with E-state index < -0.39 is 12.3 Å². The van der Waals surface area contributed by atoms with E-state index in [0.29, 0.717) is 19.0 Å². The summed E-state index contributed by atoms with van der Waals surface area (Å²) >= 11 is 0. The van der Waals surface area contributed by atoms with Crippen LogP contribution in [0.5, 0.6) is 5.88 Å². The Morgan fingerprint density at radius 3 is 2.65 bits per heavy atom. The molecule has 1 N–H and O–H groups in total. The highest BCUT2D eigenvalue weighted by molar-refractivity contribution is 5.25. The van der Waals surface area contributed by atoms with Crippen LogP contribution in [0, 0.1) is 0 Å². The van der Waals surface area contributed by atoms with Crippen LogP contribution in [0.4, 0.5) is 13.2 Å². The summed E-state index contributed by atoms with van der Waals surface area (Å²) in [6.07, 6.45) is -3.24. The molecule has 0 aromatic carbocycles. The van der Waals surface area contributed by atoms with E-state index in [1.165, 1.54) is 12.8 Å². The first-order chi connectivity index (χ1) is 9.38. The number of nitrogens with zero attached hydrogens (tertiary/aromatic N) is 1. The molecule has 1 aromatic rings. The molecule has 1 atom stereocenters. The van der Waals surface area contributed by atoms with Gasteiger partial charge < -0.3 is 10.1 Å². The van der Waals surface area contributed by atoms with Crippen molar-refractivity contribution in [2.45, 2.75) is 58.0 Å². The van der Waals surface area contributed by atoms with Crippen molar-refractivity contribution < 1.29 is 17.9 Å². The second kappa shape index (κ2) is 5.99. The van der Waals surface area contributed by atoms with Gasteiger partial charge in [0.25, 0.3) is 0 Å². The number of aryl methyl sites for hydroxylation is 1. The number of ether oxygens (including phenoxy) is 1. The maximum Gasteiger partial charge on any atom is 0.425 e. The van der Waals surface area contributed by atoms with Crippen LogP contribution in [0.2, 0.25) is 0 Å². The lowest BCUT2D eigenvalue weighted by Crippen LogP contribution is -2.31. The summed E-state index contributed by atoms with van der Waals surface area (Å²) in [5, 5.41) is 3.33. The number of pyridine rings is 1. The van der Waals surface area contributed by atoms with Crippen LogP contribution in [0.25, 0.3) is 0 Å². The fraction of sp³-hybridized carbons (Fsp3) is 0.643. The van der Waals surface area contributed by atoms with Gasteiger partial charge >= 0.3 is 6.18 Å². The van der Waals surface area contributed by atoms with Crippen LogP contribution in [-0.2, 0) is 13.0 Å². The SMILES string of the molecule is CCc1cc(CNC2CC2)cc(OC(C)C(F)(F)F)n1. The largest absolute Gasteiger partial charge is 0.465 e. The highest BCUT2D eigenvalue weighted by atomic mass is 19.4. The van der Waals surface area contributed by atoms with Crippen molar-refractivity contribution in [3.05, 3.63) is 23.4 Å².